The molecule has 0 bridgehead atoms. The number of benzene rings is 1. The molecule has 1 atom stereocenters. The maximum atomic E-state index is 11.9. The largest absolute Gasteiger partial charge is 0.348 e. The van der Waals surface area contributed by atoms with Crippen molar-refractivity contribution in [3.63, 3.8) is 0 Å². The third-order valence-electron chi connectivity index (χ3n) is 2.71. The summed E-state index contributed by atoms with van der Waals surface area (Å²) in [6.45, 7) is 0. The lowest BCUT2D eigenvalue weighted by Gasteiger charge is -1.97. The number of halogens is 1. The number of hydrogen-bond acceptors (Lipinski definition) is 5. The number of amides is 1. The molecule has 0 saturated heterocycles. The average Bonchev–Trinajstić information content (AvgIpc) is 3.06. The normalized spacial score (nSPS) is 12.5. The molecule has 21 heavy (non-hydrogen) atoms. The molecule has 9 heteroatoms. The Morgan fingerprint density at radius 2 is 2.10 bits per heavy atom. The van der Waals surface area contributed by atoms with E-state index < -0.39 is 16.0 Å². The Morgan fingerprint density at radius 3 is 2.71 bits per heavy atom. The van der Waals surface area contributed by atoms with Gasteiger partial charge >= 0.3 is 5.24 Å². The van der Waals surface area contributed by atoms with Crippen molar-refractivity contribution in [2.45, 2.75) is 4.34 Å². The molecule has 0 saturated carbocycles. The summed E-state index contributed by atoms with van der Waals surface area (Å²) in [5, 5.41) is 5.95. The number of nitrogens with one attached hydrogen (secondary N) is 1. The Hall–Kier alpha value is -1.58. The van der Waals surface area contributed by atoms with Gasteiger partial charge in [-0.1, -0.05) is 41.7 Å². The molecule has 108 valence electrons. The van der Waals surface area contributed by atoms with E-state index in [2.05, 4.69) is 31.3 Å². The van der Waals surface area contributed by atoms with Crippen LogP contribution in [0.1, 0.15) is 0 Å². The van der Waals surface area contributed by atoms with Gasteiger partial charge in [0.15, 0.2) is 10.8 Å². The molecule has 6 nitrogen and oxygen atoms in total. The minimum absolute atomic E-state index is 0.220. The van der Waals surface area contributed by atoms with E-state index in [0.717, 1.165) is 22.6 Å². The van der Waals surface area contributed by atoms with E-state index in [4.69, 9.17) is 0 Å². The van der Waals surface area contributed by atoms with Crippen LogP contribution in [0.2, 0.25) is 0 Å². The fraction of sp³-hybridized carbons (Fsp3) is 0.0833. The minimum Gasteiger partial charge on any atom is -0.348 e. The number of aromatic nitrogens is 3. The quantitative estimate of drug-likeness (QED) is 0.736. The summed E-state index contributed by atoms with van der Waals surface area (Å²) in [6.07, 6.45) is 0. The lowest BCUT2D eigenvalue weighted by molar-refractivity contribution is 0.261. The summed E-state index contributed by atoms with van der Waals surface area (Å²) in [7, 11) is -0.390. The number of nitrogens with zero attached hydrogens (tertiary/aromatic N) is 3. The van der Waals surface area contributed by atoms with E-state index in [-0.39, 0.29) is 4.34 Å². The van der Waals surface area contributed by atoms with Gasteiger partial charge in [-0.15, -0.1) is 5.10 Å². The number of imidazole rings is 1. The molecular weight excluding hydrogens is 376 g/mol. The number of carbonyl (C=O) groups is 1. The van der Waals surface area contributed by atoms with Crippen LogP contribution in [0.4, 0.5) is 4.79 Å². The number of hydrogen-bond donors (Lipinski definition) is 1. The predicted octanol–water partition coefficient (Wildman–Crippen LogP) is 2.67. The molecule has 3 rings (SSSR count). The molecule has 2 heterocycles. The van der Waals surface area contributed by atoms with Gasteiger partial charge < -0.3 is 5.32 Å². The van der Waals surface area contributed by atoms with Crippen LogP contribution in [-0.2, 0) is 10.8 Å². The second-order valence-electron chi connectivity index (χ2n) is 3.99. The zero-order valence-corrected chi connectivity index (χ0v) is 14.0. The first kappa shape index (κ1) is 14.4. The standard InChI is InChI=1S/C12H9BrN4O2S2/c1-14-11(18)21(19)12-16-17-9(13)8(15-10(17)20-12)7-5-3-2-4-6-7/h2-6H,1H3,(H,14,18). The summed E-state index contributed by atoms with van der Waals surface area (Å²) in [4.78, 5) is 16.5. The summed E-state index contributed by atoms with van der Waals surface area (Å²) in [5.74, 6) is 0. The highest BCUT2D eigenvalue weighted by molar-refractivity contribution is 9.10. The van der Waals surface area contributed by atoms with Crippen molar-refractivity contribution in [1.29, 1.82) is 0 Å². The molecule has 3 aromatic rings. The highest BCUT2D eigenvalue weighted by Gasteiger charge is 2.21. The van der Waals surface area contributed by atoms with E-state index in [1.807, 2.05) is 30.3 Å². The van der Waals surface area contributed by atoms with E-state index in [9.17, 15) is 9.00 Å². The van der Waals surface area contributed by atoms with Crippen molar-refractivity contribution >= 4 is 48.3 Å². The molecular formula is C12H9BrN4O2S2. The zero-order valence-electron chi connectivity index (χ0n) is 10.7. The number of carbonyl (C=O) groups excluding carboxylic acids is 1. The first-order valence-electron chi connectivity index (χ1n) is 5.85. The first-order valence-corrected chi connectivity index (χ1v) is 8.61. The first-order chi connectivity index (χ1) is 10.1. The van der Waals surface area contributed by atoms with Gasteiger partial charge in [0.1, 0.15) is 10.3 Å². The van der Waals surface area contributed by atoms with Gasteiger partial charge in [0.05, 0.1) is 0 Å². The van der Waals surface area contributed by atoms with Crippen LogP contribution in [0.25, 0.3) is 16.2 Å². The lowest BCUT2D eigenvalue weighted by atomic mass is 10.2. The second-order valence-corrected chi connectivity index (χ2v) is 7.25. The molecule has 0 aliphatic rings. The molecule has 0 aliphatic heterocycles. The highest BCUT2D eigenvalue weighted by atomic mass is 79.9. The molecule has 2 aromatic heterocycles. The number of fused-ring (bicyclic) bond motifs is 1. The zero-order chi connectivity index (χ0) is 15.0. The van der Waals surface area contributed by atoms with Crippen molar-refractivity contribution in [3.05, 3.63) is 34.9 Å². The van der Waals surface area contributed by atoms with Crippen molar-refractivity contribution in [1.82, 2.24) is 19.9 Å². The van der Waals surface area contributed by atoms with Crippen molar-refractivity contribution in [3.8, 4) is 11.3 Å². The number of rotatable bonds is 2. The SMILES string of the molecule is CNC(=O)S(=O)c1nn2c(Br)c(-c3ccccc3)nc2s1. The van der Waals surface area contributed by atoms with E-state index in [1.165, 1.54) is 7.05 Å². The Labute approximate surface area is 134 Å². The molecule has 0 fully saturated rings. The Kier molecular flexibility index (Phi) is 3.87. The molecule has 1 aromatic carbocycles. The smallest absolute Gasteiger partial charge is 0.316 e. The monoisotopic (exact) mass is 384 g/mol. The summed E-state index contributed by atoms with van der Waals surface area (Å²) in [5.41, 5.74) is 1.71. The average molecular weight is 385 g/mol. The van der Waals surface area contributed by atoms with E-state index >= 15 is 0 Å². The molecule has 0 spiro atoms. The molecule has 0 radical (unpaired) electrons. The van der Waals surface area contributed by atoms with Crippen LogP contribution < -0.4 is 5.32 Å². The van der Waals surface area contributed by atoms with Crippen LogP contribution in [0, 0.1) is 0 Å². The Bertz CT molecular complexity index is 844. The van der Waals surface area contributed by atoms with Gasteiger partial charge in [-0.05, 0) is 15.9 Å². The molecule has 1 amide bonds. The van der Waals surface area contributed by atoms with Crippen molar-refractivity contribution in [2.24, 2.45) is 0 Å². The van der Waals surface area contributed by atoms with Crippen molar-refractivity contribution in [2.75, 3.05) is 7.05 Å². The van der Waals surface area contributed by atoms with Crippen LogP contribution in [-0.4, -0.2) is 31.1 Å². The van der Waals surface area contributed by atoms with Gasteiger partial charge in [-0.2, -0.15) is 4.52 Å². The fourth-order valence-corrected chi connectivity index (χ4v) is 4.30. The highest BCUT2D eigenvalue weighted by Crippen LogP contribution is 2.31. The van der Waals surface area contributed by atoms with Gasteiger partial charge in [0, 0.05) is 12.6 Å². The third kappa shape index (κ3) is 2.52. The fourth-order valence-electron chi connectivity index (χ4n) is 1.73. The van der Waals surface area contributed by atoms with Gasteiger partial charge in [0.2, 0.25) is 9.30 Å². The van der Waals surface area contributed by atoms with Gasteiger partial charge in [-0.25, -0.2) is 9.19 Å². The third-order valence-corrected chi connectivity index (χ3v) is 5.77. The van der Waals surface area contributed by atoms with Crippen LogP contribution >= 0.6 is 27.3 Å². The molecule has 1 unspecified atom stereocenters. The summed E-state index contributed by atoms with van der Waals surface area (Å²) in [6, 6.07) is 9.67. The molecule has 0 aliphatic carbocycles. The maximum absolute atomic E-state index is 11.9. The van der Waals surface area contributed by atoms with Crippen LogP contribution in [0.3, 0.4) is 0 Å². The molecule has 1 N–H and O–H groups in total. The van der Waals surface area contributed by atoms with Crippen molar-refractivity contribution < 1.29 is 9.00 Å². The van der Waals surface area contributed by atoms with Crippen LogP contribution in [0.15, 0.2) is 39.3 Å². The second kappa shape index (κ2) is 5.66. The lowest BCUT2D eigenvalue weighted by Crippen LogP contribution is -2.21. The summed E-state index contributed by atoms with van der Waals surface area (Å²) < 4.78 is 14.3. The summed E-state index contributed by atoms with van der Waals surface area (Å²) >= 11 is 4.58. The van der Waals surface area contributed by atoms with Crippen LogP contribution in [0.5, 0.6) is 0 Å². The van der Waals surface area contributed by atoms with Gasteiger partial charge in [-0.3, -0.25) is 4.79 Å². The minimum atomic E-state index is -1.82. The Balaban J connectivity index is 2.07. The maximum Gasteiger partial charge on any atom is 0.316 e. The van der Waals surface area contributed by atoms with E-state index in [1.54, 1.807) is 4.52 Å². The van der Waals surface area contributed by atoms with Gasteiger partial charge in [0.25, 0.3) is 0 Å². The van der Waals surface area contributed by atoms with E-state index in [0.29, 0.717) is 9.56 Å². The Morgan fingerprint density at radius 1 is 1.38 bits per heavy atom. The predicted molar refractivity (Wildman–Crippen MR) is 84.9 cm³/mol. The topological polar surface area (TPSA) is 76.4 Å².